The summed E-state index contributed by atoms with van der Waals surface area (Å²) in [4.78, 5) is 11.1. The molecule has 2 N–H and O–H groups in total. The third-order valence-electron chi connectivity index (χ3n) is 1.96. The topological polar surface area (TPSA) is 50.4 Å². The number of carbonyl (C=O) groups is 1. The van der Waals surface area contributed by atoms with Crippen molar-refractivity contribution < 1.29 is 22.7 Å². The van der Waals surface area contributed by atoms with E-state index in [0.29, 0.717) is 13.2 Å². The van der Waals surface area contributed by atoms with Crippen LogP contribution in [0.15, 0.2) is 0 Å². The molecule has 102 valence electrons. The molecule has 0 aromatic rings. The lowest BCUT2D eigenvalue weighted by molar-refractivity contribution is -0.128. The zero-order valence-electron chi connectivity index (χ0n) is 9.90. The number of hydrogen-bond donors (Lipinski definition) is 2. The maximum Gasteiger partial charge on any atom is 0.401 e. The highest BCUT2D eigenvalue weighted by molar-refractivity contribution is 5.77. The average Bonchev–Trinajstić information content (AvgIpc) is 2.21. The quantitative estimate of drug-likeness (QED) is 0.607. The second-order valence-corrected chi connectivity index (χ2v) is 3.62. The Morgan fingerprint density at radius 1 is 1.24 bits per heavy atom. The second-order valence-electron chi connectivity index (χ2n) is 3.62. The molecule has 0 aromatic carbocycles. The van der Waals surface area contributed by atoms with Gasteiger partial charge in [-0.1, -0.05) is 0 Å². The van der Waals surface area contributed by atoms with E-state index < -0.39 is 18.6 Å². The number of ether oxygens (including phenoxy) is 1. The Hall–Kier alpha value is -0.820. The molecule has 0 aliphatic carbocycles. The van der Waals surface area contributed by atoms with E-state index in [4.69, 9.17) is 4.74 Å². The Labute approximate surface area is 98.9 Å². The van der Waals surface area contributed by atoms with E-state index in [1.54, 1.807) is 7.11 Å². The molecule has 0 heterocycles. The zero-order chi connectivity index (χ0) is 13.1. The molecule has 0 aromatic heterocycles. The van der Waals surface area contributed by atoms with Gasteiger partial charge in [-0.3, -0.25) is 4.79 Å². The largest absolute Gasteiger partial charge is 0.401 e. The van der Waals surface area contributed by atoms with Crippen LogP contribution in [0.1, 0.15) is 19.3 Å². The number of nitrogens with one attached hydrogen (secondary N) is 2. The molecule has 17 heavy (non-hydrogen) atoms. The third-order valence-corrected chi connectivity index (χ3v) is 1.96. The number of hydrogen-bond acceptors (Lipinski definition) is 3. The number of amides is 1. The number of rotatable bonds is 9. The van der Waals surface area contributed by atoms with E-state index in [2.05, 4.69) is 5.32 Å². The van der Waals surface area contributed by atoms with Crippen LogP contribution >= 0.6 is 0 Å². The van der Waals surface area contributed by atoms with Crippen molar-refractivity contribution in [2.24, 2.45) is 0 Å². The number of halogens is 3. The summed E-state index contributed by atoms with van der Waals surface area (Å²) in [6.07, 6.45) is -1.64. The zero-order valence-corrected chi connectivity index (χ0v) is 9.90. The Balaban J connectivity index is 3.29. The molecule has 0 fully saturated rings. The molecule has 0 saturated carbocycles. The molecule has 0 radical (unpaired) electrons. The van der Waals surface area contributed by atoms with E-state index >= 15 is 0 Å². The number of carbonyl (C=O) groups excluding carboxylic acids is 1. The fourth-order valence-corrected chi connectivity index (χ4v) is 1.16. The maximum absolute atomic E-state index is 11.7. The van der Waals surface area contributed by atoms with E-state index in [1.807, 2.05) is 5.32 Å². The van der Waals surface area contributed by atoms with Crippen LogP contribution in [0.5, 0.6) is 0 Å². The highest BCUT2D eigenvalue weighted by Gasteiger charge is 2.26. The summed E-state index contributed by atoms with van der Waals surface area (Å²) in [7, 11) is 1.62. The first-order valence-electron chi connectivity index (χ1n) is 5.49. The van der Waals surface area contributed by atoms with Crippen LogP contribution in [0.25, 0.3) is 0 Å². The molecule has 0 aliphatic rings. The monoisotopic (exact) mass is 256 g/mol. The summed E-state index contributed by atoms with van der Waals surface area (Å²) in [5, 5.41) is 4.57. The van der Waals surface area contributed by atoms with Crippen molar-refractivity contribution in [2.75, 3.05) is 33.4 Å². The van der Waals surface area contributed by atoms with Gasteiger partial charge in [0.1, 0.15) is 0 Å². The van der Waals surface area contributed by atoms with Crippen LogP contribution in [-0.2, 0) is 9.53 Å². The lowest BCUT2D eigenvalue weighted by Crippen LogP contribution is -2.38. The lowest BCUT2D eigenvalue weighted by Gasteiger charge is -2.08. The molecule has 0 saturated heterocycles. The molecular formula is C10H19F3N2O2. The minimum absolute atomic E-state index is 0.308. The highest BCUT2D eigenvalue weighted by Crippen LogP contribution is 2.11. The number of alkyl halides is 3. The maximum atomic E-state index is 11.7. The van der Waals surface area contributed by atoms with Gasteiger partial charge >= 0.3 is 6.18 Å². The summed E-state index contributed by atoms with van der Waals surface area (Å²) in [6.45, 7) is -0.289. The van der Waals surface area contributed by atoms with Crippen molar-refractivity contribution in [1.29, 1.82) is 0 Å². The van der Waals surface area contributed by atoms with Crippen molar-refractivity contribution >= 4 is 5.91 Å². The van der Waals surface area contributed by atoms with E-state index in [-0.39, 0.29) is 6.54 Å². The molecule has 0 unspecified atom stereocenters. The van der Waals surface area contributed by atoms with Crippen molar-refractivity contribution in [3.05, 3.63) is 0 Å². The summed E-state index contributed by atoms with van der Waals surface area (Å²) in [5.74, 6) is -0.416. The lowest BCUT2D eigenvalue weighted by atomic mass is 10.2. The fraction of sp³-hybridized carbons (Fsp3) is 0.900. The van der Waals surface area contributed by atoms with Crippen LogP contribution in [-0.4, -0.2) is 45.4 Å². The third kappa shape index (κ3) is 13.1. The van der Waals surface area contributed by atoms with Gasteiger partial charge in [0.2, 0.25) is 5.91 Å². The highest BCUT2D eigenvalue weighted by atomic mass is 19.4. The number of methoxy groups -OCH3 is 1. The Morgan fingerprint density at radius 2 is 1.94 bits per heavy atom. The summed E-state index contributed by atoms with van der Waals surface area (Å²) in [6, 6.07) is 0. The minimum Gasteiger partial charge on any atom is -0.385 e. The van der Waals surface area contributed by atoms with Crippen molar-refractivity contribution in [3.63, 3.8) is 0 Å². The molecule has 0 aliphatic heterocycles. The Bertz CT molecular complexity index is 210. The predicted molar refractivity (Wildman–Crippen MR) is 57.7 cm³/mol. The molecule has 0 rings (SSSR count). The molecule has 0 atom stereocenters. The van der Waals surface area contributed by atoms with E-state index in [9.17, 15) is 18.0 Å². The van der Waals surface area contributed by atoms with Crippen LogP contribution in [0, 0.1) is 0 Å². The van der Waals surface area contributed by atoms with E-state index in [1.165, 1.54) is 0 Å². The minimum atomic E-state index is -4.28. The van der Waals surface area contributed by atoms with Crippen LogP contribution in [0.2, 0.25) is 0 Å². The first-order valence-corrected chi connectivity index (χ1v) is 5.49. The van der Waals surface area contributed by atoms with Gasteiger partial charge in [0.25, 0.3) is 0 Å². The van der Waals surface area contributed by atoms with Gasteiger partial charge in [-0.15, -0.1) is 0 Å². The van der Waals surface area contributed by atoms with Crippen molar-refractivity contribution in [3.8, 4) is 0 Å². The summed E-state index contributed by atoms with van der Waals surface area (Å²) in [5.41, 5.74) is 0. The summed E-state index contributed by atoms with van der Waals surface area (Å²) >= 11 is 0. The van der Waals surface area contributed by atoms with Crippen LogP contribution < -0.4 is 10.6 Å². The van der Waals surface area contributed by atoms with Crippen molar-refractivity contribution in [2.45, 2.75) is 25.4 Å². The van der Waals surface area contributed by atoms with Gasteiger partial charge in [-0.05, 0) is 19.3 Å². The van der Waals surface area contributed by atoms with Gasteiger partial charge in [-0.25, -0.2) is 0 Å². The first-order chi connectivity index (χ1) is 7.95. The van der Waals surface area contributed by atoms with Gasteiger partial charge < -0.3 is 15.4 Å². The predicted octanol–water partition coefficient (Wildman–Crippen LogP) is 1.07. The second kappa shape index (κ2) is 9.23. The first kappa shape index (κ1) is 16.2. The summed E-state index contributed by atoms with van der Waals surface area (Å²) < 4.78 is 40.0. The van der Waals surface area contributed by atoms with E-state index in [0.717, 1.165) is 19.3 Å². The standard InChI is InChI=1S/C10H19F3N2O2/c1-17-6-4-2-3-5-15-9(16)7-14-8-10(11,12)13/h14H,2-8H2,1H3,(H,15,16). The smallest absolute Gasteiger partial charge is 0.385 e. The van der Waals surface area contributed by atoms with Gasteiger partial charge in [0, 0.05) is 20.3 Å². The molecule has 0 spiro atoms. The average molecular weight is 256 g/mol. The van der Waals surface area contributed by atoms with Gasteiger partial charge in [0.05, 0.1) is 13.1 Å². The molecule has 4 nitrogen and oxygen atoms in total. The molecule has 0 bridgehead atoms. The van der Waals surface area contributed by atoms with Crippen molar-refractivity contribution in [1.82, 2.24) is 10.6 Å². The molecular weight excluding hydrogens is 237 g/mol. The normalized spacial score (nSPS) is 11.5. The number of unbranched alkanes of at least 4 members (excludes halogenated alkanes) is 2. The Kier molecular flexibility index (Phi) is 8.79. The SMILES string of the molecule is COCCCCCNC(=O)CNCC(F)(F)F. The van der Waals surface area contributed by atoms with Crippen LogP contribution in [0.4, 0.5) is 13.2 Å². The molecule has 1 amide bonds. The Morgan fingerprint density at radius 3 is 2.53 bits per heavy atom. The molecule has 7 heteroatoms. The van der Waals surface area contributed by atoms with Gasteiger partial charge in [0.15, 0.2) is 0 Å². The van der Waals surface area contributed by atoms with Crippen LogP contribution in [0.3, 0.4) is 0 Å². The van der Waals surface area contributed by atoms with Gasteiger partial charge in [-0.2, -0.15) is 13.2 Å². The fourth-order valence-electron chi connectivity index (χ4n) is 1.16.